The summed E-state index contributed by atoms with van der Waals surface area (Å²) in [5, 5.41) is 0. The van der Waals surface area contributed by atoms with Crippen LogP contribution in [-0.2, 0) is 5.41 Å². The molecule has 362 valence electrons. The standard InChI is InChI=1S/C69H76N2/c1-7-9-11-13-15-17-47-69(48-18-16-14-12-10-8-2)67-49-57(55-27-41-63(42-28-55)70(59-33-19-51(3)20-34-59)60-35-21-52(4)22-36-60)31-45-65(67)66-46-32-58(50-68(66)69)56-29-43-64(44-30-56)71(61-37-23-53(5)24-38-61)62-39-25-54(6)26-40-62/h19-46,49-50H,7-18,47-48H2,1-6H3. The second kappa shape index (κ2) is 23.1. The maximum atomic E-state index is 2.61. The largest absolute Gasteiger partial charge is 0.311 e. The molecule has 2 heteroatoms. The van der Waals surface area contributed by atoms with E-state index in [1.54, 1.807) is 0 Å². The molecule has 0 heterocycles. The fourth-order valence-electron chi connectivity index (χ4n) is 11.2. The minimum atomic E-state index is -0.0482. The molecule has 8 aromatic carbocycles. The van der Waals surface area contributed by atoms with Gasteiger partial charge in [0, 0.05) is 39.5 Å². The molecule has 0 bridgehead atoms. The summed E-state index contributed by atoms with van der Waals surface area (Å²) in [5.74, 6) is 0. The van der Waals surface area contributed by atoms with E-state index in [4.69, 9.17) is 0 Å². The maximum absolute atomic E-state index is 2.61. The predicted molar refractivity (Wildman–Crippen MR) is 308 cm³/mol. The van der Waals surface area contributed by atoms with Gasteiger partial charge < -0.3 is 9.80 Å². The number of hydrogen-bond acceptors (Lipinski definition) is 2. The van der Waals surface area contributed by atoms with Crippen molar-refractivity contribution >= 4 is 34.1 Å². The van der Waals surface area contributed by atoms with Crippen molar-refractivity contribution < 1.29 is 0 Å². The van der Waals surface area contributed by atoms with Crippen molar-refractivity contribution in [3.63, 3.8) is 0 Å². The van der Waals surface area contributed by atoms with E-state index in [0.29, 0.717) is 0 Å². The molecule has 0 spiro atoms. The Bertz CT molecular complexity index is 2650. The van der Waals surface area contributed by atoms with Crippen molar-refractivity contribution in [1.29, 1.82) is 0 Å². The Morgan fingerprint density at radius 1 is 0.282 bits per heavy atom. The molecule has 0 radical (unpaired) electrons. The molecule has 0 unspecified atom stereocenters. The molecule has 9 rings (SSSR count). The number of anilines is 6. The summed E-state index contributed by atoms with van der Waals surface area (Å²) in [6.07, 6.45) is 18.0. The van der Waals surface area contributed by atoms with Crippen LogP contribution in [0.1, 0.15) is 137 Å². The summed E-state index contributed by atoms with van der Waals surface area (Å²) in [7, 11) is 0. The molecule has 2 nitrogen and oxygen atoms in total. The van der Waals surface area contributed by atoms with E-state index in [1.807, 2.05) is 0 Å². The first kappa shape index (κ1) is 49.3. The van der Waals surface area contributed by atoms with E-state index in [9.17, 15) is 0 Å². The second-order valence-electron chi connectivity index (χ2n) is 20.7. The summed E-state index contributed by atoms with van der Waals surface area (Å²) in [6, 6.07) is 69.2. The molecule has 0 N–H and O–H groups in total. The van der Waals surface area contributed by atoms with Gasteiger partial charge in [0.25, 0.3) is 0 Å². The van der Waals surface area contributed by atoms with Crippen LogP contribution in [0.2, 0.25) is 0 Å². The molecular formula is C69H76N2. The predicted octanol–water partition coefficient (Wildman–Crippen LogP) is 21.0. The van der Waals surface area contributed by atoms with Crippen LogP contribution in [0.15, 0.2) is 182 Å². The lowest BCUT2D eigenvalue weighted by molar-refractivity contribution is 0.398. The van der Waals surface area contributed by atoms with Crippen LogP contribution >= 0.6 is 0 Å². The average molecular weight is 933 g/mol. The Labute approximate surface area is 427 Å². The lowest BCUT2D eigenvalue weighted by Crippen LogP contribution is -2.25. The Balaban J connectivity index is 1.09. The van der Waals surface area contributed by atoms with Crippen molar-refractivity contribution in [3.05, 3.63) is 215 Å². The summed E-state index contributed by atoms with van der Waals surface area (Å²) >= 11 is 0. The van der Waals surface area contributed by atoms with Crippen molar-refractivity contribution in [3.8, 4) is 33.4 Å². The monoisotopic (exact) mass is 933 g/mol. The normalized spacial score (nSPS) is 12.4. The molecule has 1 aliphatic rings. The van der Waals surface area contributed by atoms with Crippen LogP contribution in [0.3, 0.4) is 0 Å². The number of fused-ring (bicyclic) bond motifs is 3. The average Bonchev–Trinajstić information content (AvgIpc) is 3.66. The molecule has 71 heavy (non-hydrogen) atoms. The quantitative estimate of drug-likeness (QED) is 0.0625. The highest BCUT2D eigenvalue weighted by molar-refractivity contribution is 5.87. The van der Waals surface area contributed by atoms with Crippen molar-refractivity contribution in [1.82, 2.24) is 0 Å². The van der Waals surface area contributed by atoms with Crippen molar-refractivity contribution in [2.75, 3.05) is 9.80 Å². The second-order valence-corrected chi connectivity index (χ2v) is 20.7. The molecule has 0 fully saturated rings. The topological polar surface area (TPSA) is 6.48 Å². The van der Waals surface area contributed by atoms with Gasteiger partial charge in [-0.15, -0.1) is 0 Å². The van der Waals surface area contributed by atoms with Gasteiger partial charge in [0.05, 0.1) is 0 Å². The Kier molecular flexibility index (Phi) is 16.0. The third-order valence-corrected chi connectivity index (χ3v) is 15.4. The van der Waals surface area contributed by atoms with E-state index < -0.39 is 0 Å². The number of aryl methyl sites for hydroxylation is 4. The first-order chi connectivity index (χ1) is 34.7. The molecule has 0 saturated carbocycles. The third kappa shape index (κ3) is 11.3. The minimum Gasteiger partial charge on any atom is -0.311 e. The van der Waals surface area contributed by atoms with Gasteiger partial charge in [0.15, 0.2) is 0 Å². The van der Waals surface area contributed by atoms with Gasteiger partial charge in [-0.05, 0) is 170 Å². The number of nitrogens with zero attached hydrogens (tertiary/aromatic N) is 2. The number of unbranched alkanes of at least 4 members (excludes halogenated alkanes) is 10. The SMILES string of the molecule is CCCCCCCCC1(CCCCCCCC)c2cc(-c3ccc(N(c4ccc(C)cc4)c4ccc(C)cc4)cc3)ccc2-c2ccc(-c3ccc(N(c4ccc(C)cc4)c4ccc(C)cc4)cc3)cc21. The zero-order valence-electron chi connectivity index (χ0n) is 43.6. The van der Waals surface area contributed by atoms with Crippen molar-refractivity contribution in [2.45, 2.75) is 137 Å². The fraction of sp³-hybridized carbons (Fsp3) is 0.304. The van der Waals surface area contributed by atoms with Crippen LogP contribution in [-0.4, -0.2) is 0 Å². The first-order valence-electron chi connectivity index (χ1n) is 27.1. The maximum Gasteiger partial charge on any atom is 0.0462 e. The van der Waals surface area contributed by atoms with E-state index in [-0.39, 0.29) is 5.41 Å². The zero-order valence-corrected chi connectivity index (χ0v) is 43.6. The van der Waals surface area contributed by atoms with Crippen LogP contribution in [0.5, 0.6) is 0 Å². The molecule has 1 aliphatic carbocycles. The van der Waals surface area contributed by atoms with Crippen LogP contribution in [0, 0.1) is 27.7 Å². The van der Waals surface area contributed by atoms with Gasteiger partial charge in [-0.2, -0.15) is 0 Å². The highest BCUT2D eigenvalue weighted by Gasteiger charge is 2.42. The Morgan fingerprint density at radius 3 is 0.831 bits per heavy atom. The molecule has 0 amide bonds. The van der Waals surface area contributed by atoms with E-state index in [0.717, 1.165) is 11.4 Å². The van der Waals surface area contributed by atoms with Gasteiger partial charge in [-0.3, -0.25) is 0 Å². The van der Waals surface area contributed by atoms with E-state index >= 15 is 0 Å². The van der Waals surface area contributed by atoms with Gasteiger partial charge in [0.2, 0.25) is 0 Å². The molecule has 0 aromatic heterocycles. The number of benzene rings is 8. The van der Waals surface area contributed by atoms with Gasteiger partial charge in [-0.25, -0.2) is 0 Å². The Morgan fingerprint density at radius 2 is 0.535 bits per heavy atom. The van der Waals surface area contributed by atoms with Gasteiger partial charge in [-0.1, -0.05) is 210 Å². The van der Waals surface area contributed by atoms with Crippen molar-refractivity contribution in [2.24, 2.45) is 0 Å². The smallest absolute Gasteiger partial charge is 0.0462 e. The summed E-state index contributed by atoms with van der Waals surface area (Å²) < 4.78 is 0. The highest BCUT2D eigenvalue weighted by atomic mass is 15.1. The van der Waals surface area contributed by atoms with Gasteiger partial charge >= 0.3 is 0 Å². The van der Waals surface area contributed by atoms with E-state index in [2.05, 4.69) is 233 Å². The minimum absolute atomic E-state index is 0.0482. The van der Waals surface area contributed by atoms with Crippen LogP contribution in [0.25, 0.3) is 33.4 Å². The molecule has 0 atom stereocenters. The lowest BCUT2D eigenvalue weighted by atomic mass is 9.70. The highest BCUT2D eigenvalue weighted by Crippen LogP contribution is 2.56. The molecule has 8 aromatic rings. The fourth-order valence-corrected chi connectivity index (χ4v) is 11.2. The lowest BCUT2D eigenvalue weighted by Gasteiger charge is -2.33. The molecule has 0 saturated heterocycles. The van der Waals surface area contributed by atoms with Crippen LogP contribution < -0.4 is 9.80 Å². The molecular weight excluding hydrogens is 857 g/mol. The van der Waals surface area contributed by atoms with Gasteiger partial charge in [0.1, 0.15) is 0 Å². The zero-order chi connectivity index (χ0) is 49.2. The third-order valence-electron chi connectivity index (χ3n) is 15.4. The number of hydrogen-bond donors (Lipinski definition) is 0. The summed E-state index contributed by atoms with van der Waals surface area (Å²) in [5.41, 5.74) is 23.1. The number of rotatable bonds is 22. The first-order valence-corrected chi connectivity index (χ1v) is 27.1. The summed E-state index contributed by atoms with van der Waals surface area (Å²) in [4.78, 5) is 4.76. The Hall–Kier alpha value is -6.64. The summed E-state index contributed by atoms with van der Waals surface area (Å²) in [6.45, 7) is 13.3. The van der Waals surface area contributed by atoms with Crippen LogP contribution in [0.4, 0.5) is 34.1 Å². The van der Waals surface area contributed by atoms with E-state index in [1.165, 1.54) is 179 Å². The molecule has 0 aliphatic heterocycles.